The van der Waals surface area contributed by atoms with Gasteiger partial charge in [0.15, 0.2) is 0 Å². The smallest absolute Gasteiger partial charge is 0.141 e. The van der Waals surface area contributed by atoms with Gasteiger partial charge in [-0.05, 0) is 46.5 Å². The Balaban J connectivity index is 1.50. The van der Waals surface area contributed by atoms with Gasteiger partial charge >= 0.3 is 0 Å². The minimum Gasteiger partial charge on any atom is -0.294 e. The molecule has 0 saturated heterocycles. The summed E-state index contributed by atoms with van der Waals surface area (Å²) >= 11 is 0. The van der Waals surface area contributed by atoms with Crippen LogP contribution in [0, 0.1) is 0 Å². The summed E-state index contributed by atoms with van der Waals surface area (Å²) in [5.41, 5.74) is 9.04. The standard InChI is InChI=1S/C34H23N3/c1-4-10-24(11-5-1)27-16-18-32-29(20-27)30-21-28(25-12-6-2-7-13-25)17-19-33(30)37(32)34-22-31(35-23-36-34)26-14-8-3-9-15-26/h1-23H. The minimum atomic E-state index is 0.855. The third kappa shape index (κ3) is 3.78. The van der Waals surface area contributed by atoms with E-state index in [1.807, 2.05) is 18.2 Å². The van der Waals surface area contributed by atoms with Gasteiger partial charge in [0.2, 0.25) is 0 Å². The van der Waals surface area contributed by atoms with Crippen molar-refractivity contribution in [3.8, 4) is 39.3 Å². The van der Waals surface area contributed by atoms with Crippen LogP contribution in [0.5, 0.6) is 0 Å². The number of nitrogens with zero attached hydrogens (tertiary/aromatic N) is 3. The van der Waals surface area contributed by atoms with E-state index in [2.05, 4.69) is 125 Å². The first-order chi connectivity index (χ1) is 18.3. The molecule has 7 rings (SSSR count). The molecule has 0 atom stereocenters. The summed E-state index contributed by atoms with van der Waals surface area (Å²) < 4.78 is 2.25. The Labute approximate surface area is 215 Å². The molecule has 0 fully saturated rings. The van der Waals surface area contributed by atoms with Gasteiger partial charge in [0.25, 0.3) is 0 Å². The zero-order chi connectivity index (χ0) is 24.6. The summed E-state index contributed by atoms with van der Waals surface area (Å²) in [6, 6.07) is 46.8. The predicted octanol–water partition coefficient (Wildman–Crippen LogP) is 8.57. The average molecular weight is 474 g/mol. The zero-order valence-corrected chi connectivity index (χ0v) is 20.1. The lowest BCUT2D eigenvalue weighted by Crippen LogP contribution is -1.99. The molecule has 174 valence electrons. The Hall–Kier alpha value is -5.02. The quantitative estimate of drug-likeness (QED) is 0.256. The van der Waals surface area contributed by atoms with Crippen LogP contribution in [-0.4, -0.2) is 14.5 Å². The van der Waals surface area contributed by atoms with E-state index in [1.54, 1.807) is 6.33 Å². The molecule has 0 spiro atoms. The van der Waals surface area contributed by atoms with Gasteiger partial charge in [-0.15, -0.1) is 0 Å². The second-order valence-electron chi connectivity index (χ2n) is 9.16. The monoisotopic (exact) mass is 473 g/mol. The highest BCUT2D eigenvalue weighted by molar-refractivity contribution is 6.11. The number of fused-ring (bicyclic) bond motifs is 3. The molecule has 0 amide bonds. The molecular formula is C34H23N3. The van der Waals surface area contributed by atoms with Crippen LogP contribution in [0.25, 0.3) is 61.1 Å². The lowest BCUT2D eigenvalue weighted by molar-refractivity contribution is 1.04. The summed E-state index contributed by atoms with van der Waals surface area (Å²) in [5, 5.41) is 2.41. The Morgan fingerprint density at radius 2 is 0.892 bits per heavy atom. The molecule has 0 bridgehead atoms. The number of rotatable bonds is 4. The fourth-order valence-corrected chi connectivity index (χ4v) is 5.13. The summed E-state index contributed by atoms with van der Waals surface area (Å²) in [6.45, 7) is 0. The van der Waals surface area contributed by atoms with Gasteiger partial charge < -0.3 is 0 Å². The minimum absolute atomic E-state index is 0.855. The number of hydrogen-bond acceptors (Lipinski definition) is 2. The molecule has 0 radical (unpaired) electrons. The van der Waals surface area contributed by atoms with E-state index in [4.69, 9.17) is 4.98 Å². The van der Waals surface area contributed by atoms with E-state index in [1.165, 1.54) is 33.0 Å². The van der Waals surface area contributed by atoms with Gasteiger partial charge in [-0.2, -0.15) is 0 Å². The van der Waals surface area contributed by atoms with Crippen LogP contribution >= 0.6 is 0 Å². The molecule has 5 aromatic carbocycles. The second kappa shape index (κ2) is 8.89. The molecule has 3 nitrogen and oxygen atoms in total. The second-order valence-corrected chi connectivity index (χ2v) is 9.16. The van der Waals surface area contributed by atoms with Crippen molar-refractivity contribution in [3.63, 3.8) is 0 Å². The van der Waals surface area contributed by atoms with Crippen LogP contribution in [0.15, 0.2) is 140 Å². The molecule has 0 aliphatic rings. The van der Waals surface area contributed by atoms with Crippen molar-refractivity contribution in [2.24, 2.45) is 0 Å². The van der Waals surface area contributed by atoms with Crippen molar-refractivity contribution in [1.29, 1.82) is 0 Å². The number of hydrogen-bond donors (Lipinski definition) is 0. The highest BCUT2D eigenvalue weighted by atomic mass is 15.1. The van der Waals surface area contributed by atoms with Gasteiger partial charge in [-0.3, -0.25) is 4.57 Å². The SMILES string of the molecule is c1ccc(-c2ccc3c(c2)c2cc(-c4ccccc4)ccc2n3-c2cc(-c3ccccc3)ncn2)cc1. The topological polar surface area (TPSA) is 30.7 Å². The molecule has 2 heterocycles. The molecule has 0 aliphatic carbocycles. The van der Waals surface area contributed by atoms with Crippen LogP contribution < -0.4 is 0 Å². The molecular weight excluding hydrogens is 450 g/mol. The molecule has 0 N–H and O–H groups in total. The van der Waals surface area contributed by atoms with Crippen LogP contribution in [0.1, 0.15) is 0 Å². The Morgan fingerprint density at radius 3 is 1.41 bits per heavy atom. The maximum absolute atomic E-state index is 4.72. The van der Waals surface area contributed by atoms with Gasteiger partial charge in [0.1, 0.15) is 12.1 Å². The summed E-state index contributed by atoms with van der Waals surface area (Å²) in [7, 11) is 0. The summed E-state index contributed by atoms with van der Waals surface area (Å²) in [4.78, 5) is 9.28. The van der Waals surface area contributed by atoms with Gasteiger partial charge in [-0.1, -0.05) is 103 Å². The van der Waals surface area contributed by atoms with E-state index in [0.717, 1.165) is 28.1 Å². The maximum Gasteiger partial charge on any atom is 0.141 e. The molecule has 3 heteroatoms. The summed E-state index contributed by atoms with van der Waals surface area (Å²) in [5.74, 6) is 0.855. The third-order valence-electron chi connectivity index (χ3n) is 6.93. The van der Waals surface area contributed by atoms with Crippen molar-refractivity contribution >= 4 is 21.8 Å². The maximum atomic E-state index is 4.72. The molecule has 0 unspecified atom stereocenters. The van der Waals surface area contributed by atoms with E-state index < -0.39 is 0 Å². The van der Waals surface area contributed by atoms with Gasteiger partial charge in [0.05, 0.1) is 16.7 Å². The van der Waals surface area contributed by atoms with E-state index in [0.29, 0.717) is 0 Å². The Kier molecular flexibility index (Phi) is 5.11. The van der Waals surface area contributed by atoms with Crippen LogP contribution in [0.2, 0.25) is 0 Å². The zero-order valence-electron chi connectivity index (χ0n) is 20.1. The van der Waals surface area contributed by atoms with Gasteiger partial charge in [0, 0.05) is 22.4 Å². The third-order valence-corrected chi connectivity index (χ3v) is 6.93. The van der Waals surface area contributed by atoms with Gasteiger partial charge in [-0.25, -0.2) is 9.97 Å². The molecule has 37 heavy (non-hydrogen) atoms. The van der Waals surface area contributed by atoms with Crippen LogP contribution in [0.4, 0.5) is 0 Å². The van der Waals surface area contributed by atoms with Crippen molar-refractivity contribution in [2.75, 3.05) is 0 Å². The molecule has 2 aromatic heterocycles. The average Bonchev–Trinajstić information content (AvgIpc) is 3.31. The predicted molar refractivity (Wildman–Crippen MR) is 153 cm³/mol. The molecule has 0 aliphatic heterocycles. The fourth-order valence-electron chi connectivity index (χ4n) is 5.13. The Morgan fingerprint density at radius 1 is 0.405 bits per heavy atom. The van der Waals surface area contributed by atoms with Crippen LogP contribution in [-0.2, 0) is 0 Å². The highest BCUT2D eigenvalue weighted by Crippen LogP contribution is 2.37. The number of benzene rings is 5. The highest BCUT2D eigenvalue weighted by Gasteiger charge is 2.16. The van der Waals surface area contributed by atoms with E-state index in [9.17, 15) is 0 Å². The Bertz CT molecular complexity index is 1760. The molecule has 0 saturated carbocycles. The van der Waals surface area contributed by atoms with Crippen molar-refractivity contribution in [1.82, 2.24) is 14.5 Å². The number of aromatic nitrogens is 3. The first kappa shape index (κ1) is 21.3. The lowest BCUT2D eigenvalue weighted by Gasteiger charge is -2.09. The molecule has 7 aromatic rings. The van der Waals surface area contributed by atoms with Crippen molar-refractivity contribution in [2.45, 2.75) is 0 Å². The normalized spacial score (nSPS) is 11.2. The first-order valence-corrected chi connectivity index (χ1v) is 12.4. The van der Waals surface area contributed by atoms with E-state index in [-0.39, 0.29) is 0 Å². The fraction of sp³-hybridized carbons (Fsp3) is 0. The first-order valence-electron chi connectivity index (χ1n) is 12.4. The van der Waals surface area contributed by atoms with Crippen molar-refractivity contribution in [3.05, 3.63) is 140 Å². The summed E-state index contributed by atoms with van der Waals surface area (Å²) in [6.07, 6.45) is 1.66. The largest absolute Gasteiger partial charge is 0.294 e. The van der Waals surface area contributed by atoms with E-state index >= 15 is 0 Å². The van der Waals surface area contributed by atoms with Crippen molar-refractivity contribution < 1.29 is 0 Å². The van der Waals surface area contributed by atoms with Crippen LogP contribution in [0.3, 0.4) is 0 Å². The lowest BCUT2D eigenvalue weighted by atomic mass is 10.0.